The lowest BCUT2D eigenvalue weighted by molar-refractivity contribution is 0.0672. The van der Waals surface area contributed by atoms with Gasteiger partial charge >= 0.3 is 13.0 Å². The molecule has 0 aromatic carbocycles. The molecule has 0 heterocycles. The van der Waals surface area contributed by atoms with Crippen LogP contribution in [0.1, 0.15) is 0 Å². The first kappa shape index (κ1) is 11.9. The highest BCUT2D eigenvalue weighted by Crippen LogP contribution is 2.35. The van der Waals surface area contributed by atoms with Crippen LogP contribution in [0, 0.1) is 0 Å². The van der Waals surface area contributed by atoms with E-state index in [0.717, 1.165) is 11.8 Å². The Kier molecular flexibility index (Phi) is 5.52. The number of hydrogen-bond acceptors (Lipinski definition) is 5. The zero-order chi connectivity index (χ0) is 9.61. The molecule has 0 saturated heterocycles. The van der Waals surface area contributed by atoms with Crippen molar-refractivity contribution in [2.75, 3.05) is 20.1 Å². The van der Waals surface area contributed by atoms with E-state index in [9.17, 15) is 9.36 Å². The predicted octanol–water partition coefficient (Wildman–Crippen LogP) is 0.780. The maximum atomic E-state index is 10.7. The maximum absolute atomic E-state index is 10.7. The van der Waals surface area contributed by atoms with Crippen LogP contribution in [0.2, 0.25) is 0 Å². The number of carbonyl (C=O) groups is 1. The molecule has 8 heteroatoms. The monoisotopic (exact) mass is 215 g/mol. The number of hydrogen-bond donors (Lipinski definition) is 2. The molecule has 0 aromatic heterocycles. The van der Waals surface area contributed by atoms with Crippen molar-refractivity contribution in [2.24, 2.45) is 0 Å². The topological polar surface area (TPSA) is 84.9 Å². The van der Waals surface area contributed by atoms with E-state index < -0.39 is 19.8 Å². The van der Waals surface area contributed by atoms with E-state index in [-0.39, 0.29) is 0 Å². The molecule has 0 spiro atoms. The third-order valence-electron chi connectivity index (χ3n) is 0.854. The van der Waals surface area contributed by atoms with Crippen molar-refractivity contribution >= 4 is 24.8 Å². The zero-order valence-electron chi connectivity index (χ0n) is 6.64. The average molecular weight is 215 g/mol. The van der Waals surface area contributed by atoms with Gasteiger partial charge in [0.1, 0.15) is 0 Å². The van der Waals surface area contributed by atoms with Crippen LogP contribution >= 0.6 is 19.5 Å². The maximum Gasteiger partial charge on any atom is 0.405 e. The third kappa shape index (κ3) is 5.56. The number of carbonyl (C=O) groups excluding carboxylic acids is 1. The Hall–Kier alpha value is -0.0700. The number of ether oxygens (including phenoxy) is 1. The van der Waals surface area contributed by atoms with E-state index >= 15 is 0 Å². The Morgan fingerprint density at radius 2 is 2.33 bits per heavy atom. The van der Waals surface area contributed by atoms with Gasteiger partial charge in [-0.2, -0.15) is 0 Å². The molecule has 0 fully saturated rings. The minimum absolute atomic E-state index is 0.533. The van der Waals surface area contributed by atoms with Crippen LogP contribution in [0.3, 0.4) is 0 Å². The quantitative estimate of drug-likeness (QED) is 0.407. The first-order valence-corrected chi connectivity index (χ1v) is 5.69. The van der Waals surface area contributed by atoms with Crippen molar-refractivity contribution in [1.82, 2.24) is 5.09 Å². The number of nitrogens with one attached hydrogen (secondary N) is 1. The standard InChI is InChI=1S/C4H10NO5PS/c1-5-11(7,8)10-3-9-4(6)12-2/h3H2,1-2H3,(H2,5,7,8). The van der Waals surface area contributed by atoms with Crippen molar-refractivity contribution in [3.8, 4) is 0 Å². The van der Waals surface area contributed by atoms with Gasteiger partial charge in [0.2, 0.25) is 6.79 Å². The van der Waals surface area contributed by atoms with Crippen LogP contribution < -0.4 is 5.09 Å². The van der Waals surface area contributed by atoms with Gasteiger partial charge in [-0.05, 0) is 25.1 Å². The lowest BCUT2D eigenvalue weighted by Crippen LogP contribution is -2.09. The lowest BCUT2D eigenvalue weighted by Gasteiger charge is -2.09. The molecule has 0 radical (unpaired) electrons. The van der Waals surface area contributed by atoms with Gasteiger partial charge in [-0.15, -0.1) is 0 Å². The molecule has 0 aliphatic heterocycles. The van der Waals surface area contributed by atoms with E-state index in [1.807, 2.05) is 5.09 Å². The van der Waals surface area contributed by atoms with Crippen LogP contribution in [-0.2, 0) is 13.8 Å². The Bertz CT molecular complexity index is 198. The van der Waals surface area contributed by atoms with E-state index in [4.69, 9.17) is 4.89 Å². The summed E-state index contributed by atoms with van der Waals surface area (Å²) in [6.07, 6.45) is 1.53. The van der Waals surface area contributed by atoms with Crippen LogP contribution in [-0.4, -0.2) is 30.3 Å². The Morgan fingerprint density at radius 1 is 1.75 bits per heavy atom. The minimum Gasteiger partial charge on any atom is -0.430 e. The van der Waals surface area contributed by atoms with Crippen LogP contribution in [0.15, 0.2) is 0 Å². The van der Waals surface area contributed by atoms with Crippen LogP contribution in [0.25, 0.3) is 0 Å². The second-order valence-electron chi connectivity index (χ2n) is 1.59. The summed E-state index contributed by atoms with van der Waals surface area (Å²) in [4.78, 5) is 19.2. The van der Waals surface area contributed by atoms with Crippen molar-refractivity contribution in [3.05, 3.63) is 0 Å². The summed E-state index contributed by atoms with van der Waals surface area (Å²) in [6.45, 7) is -0.533. The second kappa shape index (κ2) is 5.55. The normalized spacial score (nSPS) is 15.2. The molecule has 0 aliphatic rings. The zero-order valence-corrected chi connectivity index (χ0v) is 8.35. The SMILES string of the molecule is CNP(=O)(O)OCOC(=O)SC. The lowest BCUT2D eigenvalue weighted by atomic mass is 11.4. The van der Waals surface area contributed by atoms with E-state index in [0.29, 0.717) is 0 Å². The molecule has 1 unspecified atom stereocenters. The summed E-state index contributed by atoms with van der Waals surface area (Å²) in [7, 11) is -2.52. The molecule has 0 saturated carbocycles. The van der Waals surface area contributed by atoms with Crippen LogP contribution in [0.4, 0.5) is 4.79 Å². The third-order valence-corrected chi connectivity index (χ3v) is 2.33. The molecular formula is C4H10NO5PS. The van der Waals surface area contributed by atoms with Crippen molar-refractivity contribution in [2.45, 2.75) is 0 Å². The van der Waals surface area contributed by atoms with Crippen LogP contribution in [0.5, 0.6) is 0 Å². The first-order chi connectivity index (χ1) is 5.52. The Balaban J connectivity index is 3.57. The van der Waals surface area contributed by atoms with E-state index in [1.165, 1.54) is 13.3 Å². The molecule has 12 heavy (non-hydrogen) atoms. The van der Waals surface area contributed by atoms with Gasteiger partial charge in [0.15, 0.2) is 0 Å². The van der Waals surface area contributed by atoms with Crippen molar-refractivity contribution in [3.63, 3.8) is 0 Å². The summed E-state index contributed by atoms with van der Waals surface area (Å²) in [5.74, 6) is 0. The molecule has 0 rings (SSSR count). The second-order valence-corrected chi connectivity index (χ2v) is 4.08. The smallest absolute Gasteiger partial charge is 0.405 e. The Labute approximate surface area is 74.2 Å². The fraction of sp³-hybridized carbons (Fsp3) is 0.750. The minimum atomic E-state index is -3.78. The molecule has 6 nitrogen and oxygen atoms in total. The summed E-state index contributed by atoms with van der Waals surface area (Å²) in [6, 6.07) is 0. The van der Waals surface area contributed by atoms with Crippen molar-refractivity contribution < 1.29 is 23.5 Å². The molecular weight excluding hydrogens is 205 g/mol. The molecule has 0 aliphatic carbocycles. The summed E-state index contributed by atoms with van der Waals surface area (Å²) >= 11 is 0.850. The molecule has 0 aromatic rings. The average Bonchev–Trinajstić information content (AvgIpc) is 2.04. The van der Waals surface area contributed by atoms with E-state index in [2.05, 4.69) is 9.26 Å². The van der Waals surface area contributed by atoms with Crippen molar-refractivity contribution in [1.29, 1.82) is 0 Å². The molecule has 1 atom stereocenters. The fourth-order valence-corrected chi connectivity index (χ4v) is 0.760. The van der Waals surface area contributed by atoms with Gasteiger partial charge in [-0.3, -0.25) is 4.52 Å². The highest BCUT2D eigenvalue weighted by molar-refractivity contribution is 8.12. The van der Waals surface area contributed by atoms with Gasteiger partial charge in [0.25, 0.3) is 0 Å². The van der Waals surface area contributed by atoms with E-state index in [1.54, 1.807) is 0 Å². The molecule has 2 N–H and O–H groups in total. The van der Waals surface area contributed by atoms with Gasteiger partial charge in [0.05, 0.1) is 0 Å². The van der Waals surface area contributed by atoms with Gasteiger partial charge < -0.3 is 9.63 Å². The fourth-order valence-electron chi connectivity index (χ4n) is 0.269. The van der Waals surface area contributed by atoms with Gasteiger partial charge in [-0.1, -0.05) is 0 Å². The summed E-state index contributed by atoms with van der Waals surface area (Å²) in [5.41, 5.74) is 0. The summed E-state index contributed by atoms with van der Waals surface area (Å²) in [5, 5.41) is 1.46. The first-order valence-electron chi connectivity index (χ1n) is 2.89. The van der Waals surface area contributed by atoms with Gasteiger partial charge in [0, 0.05) is 0 Å². The van der Waals surface area contributed by atoms with Gasteiger partial charge in [-0.25, -0.2) is 14.4 Å². The molecule has 72 valence electrons. The largest absolute Gasteiger partial charge is 0.430 e. The number of rotatable bonds is 4. The Morgan fingerprint density at radius 3 is 2.75 bits per heavy atom. The molecule has 0 amide bonds. The molecule has 0 bridgehead atoms. The predicted molar refractivity (Wildman–Crippen MR) is 44.8 cm³/mol. The highest BCUT2D eigenvalue weighted by atomic mass is 32.2. The number of thioether (sulfide) groups is 1. The highest BCUT2D eigenvalue weighted by Gasteiger charge is 2.16. The summed E-state index contributed by atoms with van der Waals surface area (Å²) < 4.78 is 19.3.